The lowest BCUT2D eigenvalue weighted by molar-refractivity contribution is 0.0452. The average Bonchev–Trinajstić information content (AvgIpc) is 2.96. The molecule has 0 fully saturated rings. The molecule has 0 radical (unpaired) electrons. The molecule has 25 heavy (non-hydrogen) atoms. The molecule has 1 aromatic carbocycles. The van der Waals surface area contributed by atoms with Crippen molar-refractivity contribution >= 4 is 29.6 Å². The van der Waals surface area contributed by atoms with E-state index in [9.17, 15) is 9.59 Å². The highest BCUT2D eigenvalue weighted by atomic mass is 35.5. The Morgan fingerprint density at radius 3 is 2.24 bits per heavy atom. The second-order valence-electron chi connectivity index (χ2n) is 4.99. The zero-order valence-electron chi connectivity index (χ0n) is 14.3. The number of allylic oxidation sites excluding steroid dienone is 1. The summed E-state index contributed by atoms with van der Waals surface area (Å²) >= 11 is 5.95. The van der Waals surface area contributed by atoms with Crippen LogP contribution in [0.2, 0.25) is 5.02 Å². The molecule has 0 N–H and O–H groups in total. The maximum Gasteiger partial charge on any atom is 0.375 e. The molecule has 0 aliphatic heterocycles. The van der Waals surface area contributed by atoms with Gasteiger partial charge in [0, 0.05) is 10.6 Å². The van der Waals surface area contributed by atoms with Crippen LogP contribution in [0, 0.1) is 0 Å². The fourth-order valence-electron chi connectivity index (χ4n) is 2.36. The van der Waals surface area contributed by atoms with E-state index in [0.717, 1.165) is 0 Å². The third-order valence-corrected chi connectivity index (χ3v) is 3.58. The van der Waals surface area contributed by atoms with Crippen LogP contribution in [0.4, 0.5) is 0 Å². The van der Waals surface area contributed by atoms with Crippen molar-refractivity contribution in [1.82, 2.24) is 0 Å². The highest BCUT2D eigenvalue weighted by Crippen LogP contribution is 2.35. The van der Waals surface area contributed by atoms with Crippen LogP contribution < -0.4 is 0 Å². The molecule has 0 unspecified atom stereocenters. The predicted octanol–water partition coefficient (Wildman–Crippen LogP) is 4.99. The first-order valence-corrected chi connectivity index (χ1v) is 8.30. The van der Waals surface area contributed by atoms with Gasteiger partial charge in [-0.1, -0.05) is 29.8 Å². The molecule has 0 amide bonds. The Morgan fingerprint density at radius 1 is 1.08 bits per heavy atom. The Labute approximate surface area is 151 Å². The molecule has 0 spiro atoms. The van der Waals surface area contributed by atoms with Gasteiger partial charge in [-0.15, -0.1) is 0 Å². The number of hydrogen-bond donors (Lipinski definition) is 0. The van der Waals surface area contributed by atoms with E-state index in [4.69, 9.17) is 25.5 Å². The van der Waals surface area contributed by atoms with Gasteiger partial charge >= 0.3 is 11.9 Å². The Hall–Kier alpha value is -2.53. The van der Waals surface area contributed by atoms with Crippen LogP contribution in [-0.4, -0.2) is 25.2 Å². The number of furan rings is 1. The Balaban J connectivity index is 2.74. The number of benzene rings is 1. The maximum atomic E-state index is 12.5. The van der Waals surface area contributed by atoms with Gasteiger partial charge < -0.3 is 13.9 Å². The number of carbonyl (C=O) groups is 2. The van der Waals surface area contributed by atoms with Crippen molar-refractivity contribution in [2.24, 2.45) is 0 Å². The van der Waals surface area contributed by atoms with Gasteiger partial charge in [-0.05, 0) is 44.5 Å². The molecule has 0 saturated carbocycles. The van der Waals surface area contributed by atoms with E-state index in [2.05, 4.69) is 0 Å². The third-order valence-electron chi connectivity index (χ3n) is 3.33. The highest BCUT2D eigenvalue weighted by Gasteiger charge is 2.31. The first-order valence-electron chi connectivity index (χ1n) is 7.93. The molecule has 2 aromatic rings. The highest BCUT2D eigenvalue weighted by molar-refractivity contribution is 6.30. The molecule has 0 aliphatic carbocycles. The van der Waals surface area contributed by atoms with Crippen LogP contribution in [-0.2, 0) is 9.47 Å². The smallest absolute Gasteiger partial charge is 0.375 e. The van der Waals surface area contributed by atoms with Gasteiger partial charge in [0.15, 0.2) is 0 Å². The van der Waals surface area contributed by atoms with Gasteiger partial charge in [0.2, 0.25) is 5.76 Å². The lowest BCUT2D eigenvalue weighted by Crippen LogP contribution is -2.12. The average molecular weight is 363 g/mol. The van der Waals surface area contributed by atoms with E-state index in [0.29, 0.717) is 21.9 Å². The van der Waals surface area contributed by atoms with E-state index in [1.807, 2.05) is 6.92 Å². The topological polar surface area (TPSA) is 65.7 Å². The Bertz CT molecular complexity index is 787. The monoisotopic (exact) mass is 362 g/mol. The summed E-state index contributed by atoms with van der Waals surface area (Å²) < 4.78 is 15.8. The largest absolute Gasteiger partial charge is 0.462 e. The minimum atomic E-state index is -0.712. The van der Waals surface area contributed by atoms with Crippen LogP contribution in [0.3, 0.4) is 0 Å². The van der Waals surface area contributed by atoms with E-state index < -0.39 is 11.9 Å². The summed E-state index contributed by atoms with van der Waals surface area (Å²) in [5.74, 6) is -1.15. The Kier molecular flexibility index (Phi) is 6.42. The zero-order chi connectivity index (χ0) is 18.4. The van der Waals surface area contributed by atoms with Gasteiger partial charge in [-0.2, -0.15) is 0 Å². The second-order valence-corrected chi connectivity index (χ2v) is 5.43. The van der Waals surface area contributed by atoms with Crippen LogP contribution in [0.15, 0.2) is 34.8 Å². The number of carbonyl (C=O) groups excluding carboxylic acids is 2. The SMILES string of the molecule is C/C=C/c1oc(C(=O)OCC)c(C(=O)OCC)c1-c1ccc(Cl)cc1. The third kappa shape index (κ3) is 4.12. The summed E-state index contributed by atoms with van der Waals surface area (Å²) in [5, 5.41) is 0.558. The summed E-state index contributed by atoms with van der Waals surface area (Å²) in [6.45, 7) is 5.51. The first-order chi connectivity index (χ1) is 12.0. The summed E-state index contributed by atoms with van der Waals surface area (Å²) in [6.07, 6.45) is 3.43. The fourth-order valence-corrected chi connectivity index (χ4v) is 2.49. The van der Waals surface area contributed by atoms with E-state index in [-0.39, 0.29) is 24.5 Å². The molecular weight excluding hydrogens is 344 g/mol. The Morgan fingerprint density at radius 2 is 1.68 bits per heavy atom. The van der Waals surface area contributed by atoms with Gasteiger partial charge in [0.05, 0.1) is 13.2 Å². The normalized spacial score (nSPS) is 10.9. The number of ether oxygens (including phenoxy) is 2. The molecule has 1 heterocycles. The molecule has 5 nitrogen and oxygen atoms in total. The lowest BCUT2D eigenvalue weighted by Gasteiger charge is -2.06. The first kappa shape index (κ1) is 18.8. The minimum Gasteiger partial charge on any atom is -0.462 e. The van der Waals surface area contributed by atoms with Crippen LogP contribution >= 0.6 is 11.6 Å². The summed E-state index contributed by atoms with van der Waals surface area (Å²) in [5.41, 5.74) is 1.20. The molecule has 132 valence electrons. The molecule has 1 aromatic heterocycles. The number of hydrogen-bond acceptors (Lipinski definition) is 5. The van der Waals surface area contributed by atoms with Crippen LogP contribution in [0.25, 0.3) is 17.2 Å². The molecule has 0 saturated heterocycles. The predicted molar refractivity (Wildman–Crippen MR) is 95.8 cm³/mol. The standard InChI is InChI=1S/C19H19ClO5/c1-4-7-14-15(12-8-10-13(20)11-9-12)16(18(21)23-5-2)17(25-14)19(22)24-6-3/h4,7-11H,5-6H2,1-3H3/b7-4+. The van der Waals surface area contributed by atoms with Crippen molar-refractivity contribution in [2.45, 2.75) is 20.8 Å². The molecular formula is C19H19ClO5. The van der Waals surface area contributed by atoms with E-state index >= 15 is 0 Å². The van der Waals surface area contributed by atoms with E-state index in [1.165, 1.54) is 0 Å². The van der Waals surface area contributed by atoms with Crippen molar-refractivity contribution < 1.29 is 23.5 Å². The number of rotatable bonds is 6. The molecule has 6 heteroatoms. The van der Waals surface area contributed by atoms with Gasteiger partial charge in [0.25, 0.3) is 0 Å². The maximum absolute atomic E-state index is 12.5. The second kappa shape index (κ2) is 8.53. The zero-order valence-corrected chi connectivity index (χ0v) is 15.1. The van der Waals surface area contributed by atoms with Crippen molar-refractivity contribution in [3.05, 3.63) is 52.4 Å². The summed E-state index contributed by atoms with van der Waals surface area (Å²) in [6, 6.07) is 6.89. The van der Waals surface area contributed by atoms with Crippen molar-refractivity contribution in [2.75, 3.05) is 13.2 Å². The van der Waals surface area contributed by atoms with Crippen LogP contribution in [0.1, 0.15) is 47.4 Å². The summed E-state index contributed by atoms with van der Waals surface area (Å²) in [4.78, 5) is 24.8. The number of esters is 2. The molecule has 2 rings (SSSR count). The molecule has 0 aliphatic rings. The summed E-state index contributed by atoms with van der Waals surface area (Å²) in [7, 11) is 0. The van der Waals surface area contributed by atoms with E-state index in [1.54, 1.807) is 50.3 Å². The van der Waals surface area contributed by atoms with Gasteiger partial charge in [-0.25, -0.2) is 9.59 Å². The van der Waals surface area contributed by atoms with Crippen LogP contribution in [0.5, 0.6) is 0 Å². The minimum absolute atomic E-state index is 0.0516. The van der Waals surface area contributed by atoms with Gasteiger partial charge in [0.1, 0.15) is 11.3 Å². The molecule has 0 bridgehead atoms. The van der Waals surface area contributed by atoms with Crippen molar-refractivity contribution in [1.29, 1.82) is 0 Å². The fraction of sp³-hybridized carbons (Fsp3) is 0.263. The van der Waals surface area contributed by atoms with Gasteiger partial charge in [-0.3, -0.25) is 0 Å². The van der Waals surface area contributed by atoms with Crippen molar-refractivity contribution in [3.8, 4) is 11.1 Å². The quantitative estimate of drug-likeness (QED) is 0.677. The lowest BCUT2D eigenvalue weighted by atomic mass is 9.99. The molecule has 0 atom stereocenters. The van der Waals surface area contributed by atoms with Crippen molar-refractivity contribution in [3.63, 3.8) is 0 Å². The number of halogens is 1.